The predicted molar refractivity (Wildman–Crippen MR) is 38.2 cm³/mol. The van der Waals surface area contributed by atoms with Crippen molar-refractivity contribution in [3.05, 3.63) is 0 Å². The number of alkyl halides is 1. The van der Waals surface area contributed by atoms with Gasteiger partial charge in [0.1, 0.15) is 0 Å². The summed E-state index contributed by atoms with van der Waals surface area (Å²) in [6, 6.07) is 0.331. The Bertz CT molecular complexity index is 41.8. The molecular formula is C6H14ClN. The topological polar surface area (TPSA) is 26.0 Å². The molecule has 0 heterocycles. The zero-order valence-corrected chi connectivity index (χ0v) is 6.12. The molecule has 0 saturated heterocycles. The van der Waals surface area contributed by atoms with Crippen molar-refractivity contribution in [2.24, 2.45) is 5.73 Å². The monoisotopic (exact) mass is 135 g/mol. The van der Waals surface area contributed by atoms with Gasteiger partial charge in [0.2, 0.25) is 0 Å². The molecule has 0 rings (SSSR count). The number of hydrogen-bond acceptors (Lipinski definition) is 1. The third-order valence-corrected chi connectivity index (χ3v) is 1.36. The molecule has 0 bridgehead atoms. The molecule has 0 aliphatic heterocycles. The molecule has 50 valence electrons. The summed E-state index contributed by atoms with van der Waals surface area (Å²) in [4.78, 5) is 0. The van der Waals surface area contributed by atoms with Crippen molar-refractivity contribution in [1.82, 2.24) is 0 Å². The van der Waals surface area contributed by atoms with Gasteiger partial charge in [-0.3, -0.25) is 0 Å². The van der Waals surface area contributed by atoms with Crippen molar-refractivity contribution in [2.75, 3.05) is 5.88 Å². The van der Waals surface area contributed by atoms with Crippen LogP contribution in [0.15, 0.2) is 0 Å². The second kappa shape index (κ2) is 5.39. The molecule has 0 aromatic carbocycles. The summed E-state index contributed by atoms with van der Waals surface area (Å²) in [6.07, 6.45) is 3.22. The fraction of sp³-hybridized carbons (Fsp3) is 1.00. The molecule has 0 unspecified atom stereocenters. The van der Waals surface area contributed by atoms with Crippen molar-refractivity contribution in [1.29, 1.82) is 0 Å². The first-order valence-corrected chi connectivity index (χ1v) is 3.66. The van der Waals surface area contributed by atoms with E-state index in [2.05, 4.69) is 6.92 Å². The lowest BCUT2D eigenvalue weighted by atomic mass is 10.1. The van der Waals surface area contributed by atoms with E-state index in [-0.39, 0.29) is 0 Å². The largest absolute Gasteiger partial charge is 0.328 e. The number of rotatable bonds is 4. The third kappa shape index (κ3) is 4.41. The zero-order valence-electron chi connectivity index (χ0n) is 5.36. The molecule has 8 heavy (non-hydrogen) atoms. The van der Waals surface area contributed by atoms with Crippen LogP contribution >= 0.6 is 11.6 Å². The Morgan fingerprint density at radius 3 is 2.50 bits per heavy atom. The normalized spacial score (nSPS) is 13.9. The van der Waals surface area contributed by atoms with Gasteiger partial charge in [0, 0.05) is 11.9 Å². The summed E-state index contributed by atoms with van der Waals surface area (Å²) < 4.78 is 0. The Morgan fingerprint density at radius 2 is 2.12 bits per heavy atom. The molecule has 1 atom stereocenters. The standard InChI is InChI=1S/C6H14ClN/c1-2-3-6(8)4-5-7/h6H,2-5,8H2,1H3/t6-/m1/s1. The van der Waals surface area contributed by atoms with Crippen LogP contribution in [0.25, 0.3) is 0 Å². The third-order valence-electron chi connectivity index (χ3n) is 1.14. The lowest BCUT2D eigenvalue weighted by molar-refractivity contribution is 0.589. The average molecular weight is 136 g/mol. The van der Waals surface area contributed by atoms with Crippen LogP contribution < -0.4 is 5.73 Å². The zero-order chi connectivity index (χ0) is 6.41. The molecule has 0 aromatic rings. The molecule has 0 saturated carbocycles. The van der Waals surface area contributed by atoms with Crippen LogP contribution in [0.2, 0.25) is 0 Å². The molecule has 0 aliphatic carbocycles. The molecule has 2 N–H and O–H groups in total. The number of hydrogen-bond donors (Lipinski definition) is 1. The maximum atomic E-state index is 5.61. The first kappa shape index (κ1) is 8.25. The van der Waals surface area contributed by atoms with E-state index in [4.69, 9.17) is 17.3 Å². The van der Waals surface area contributed by atoms with Crippen LogP contribution in [-0.2, 0) is 0 Å². The van der Waals surface area contributed by atoms with Crippen LogP contribution in [0.4, 0.5) is 0 Å². The summed E-state index contributed by atoms with van der Waals surface area (Å²) in [6.45, 7) is 2.13. The van der Waals surface area contributed by atoms with Gasteiger partial charge in [0.05, 0.1) is 0 Å². The highest BCUT2D eigenvalue weighted by Crippen LogP contribution is 1.98. The lowest BCUT2D eigenvalue weighted by Crippen LogP contribution is -2.19. The molecule has 0 amide bonds. The minimum Gasteiger partial charge on any atom is -0.328 e. The van der Waals surface area contributed by atoms with E-state index in [1.165, 1.54) is 0 Å². The van der Waals surface area contributed by atoms with Crippen molar-refractivity contribution >= 4 is 11.6 Å². The van der Waals surface area contributed by atoms with Crippen molar-refractivity contribution < 1.29 is 0 Å². The average Bonchev–Trinajstić information content (AvgIpc) is 1.68. The smallest absolute Gasteiger partial charge is 0.0238 e. The van der Waals surface area contributed by atoms with Crippen LogP contribution in [0.5, 0.6) is 0 Å². The van der Waals surface area contributed by atoms with Gasteiger partial charge in [0.25, 0.3) is 0 Å². The first-order valence-electron chi connectivity index (χ1n) is 3.12. The highest BCUT2D eigenvalue weighted by molar-refractivity contribution is 6.17. The van der Waals surface area contributed by atoms with Gasteiger partial charge >= 0.3 is 0 Å². The summed E-state index contributed by atoms with van der Waals surface area (Å²) in [7, 11) is 0. The summed E-state index contributed by atoms with van der Waals surface area (Å²) in [5, 5.41) is 0. The Hall–Kier alpha value is 0.250. The molecule has 0 fully saturated rings. The minimum absolute atomic E-state index is 0.331. The van der Waals surface area contributed by atoms with Gasteiger partial charge in [-0.15, -0.1) is 11.6 Å². The van der Waals surface area contributed by atoms with Gasteiger partial charge in [0.15, 0.2) is 0 Å². The fourth-order valence-electron chi connectivity index (χ4n) is 0.655. The summed E-state index contributed by atoms with van der Waals surface area (Å²) in [5.74, 6) is 0.696. The van der Waals surface area contributed by atoms with Gasteiger partial charge in [-0.25, -0.2) is 0 Å². The van der Waals surface area contributed by atoms with Crippen LogP contribution in [0.1, 0.15) is 26.2 Å². The van der Waals surface area contributed by atoms with Gasteiger partial charge in [-0.05, 0) is 12.8 Å². The van der Waals surface area contributed by atoms with E-state index in [1.807, 2.05) is 0 Å². The van der Waals surface area contributed by atoms with Gasteiger partial charge in [-0.2, -0.15) is 0 Å². The molecule has 0 radical (unpaired) electrons. The Balaban J connectivity index is 2.92. The number of halogens is 1. The van der Waals surface area contributed by atoms with E-state index in [0.717, 1.165) is 19.3 Å². The van der Waals surface area contributed by atoms with Crippen LogP contribution in [0.3, 0.4) is 0 Å². The lowest BCUT2D eigenvalue weighted by Gasteiger charge is -2.05. The van der Waals surface area contributed by atoms with E-state index in [9.17, 15) is 0 Å². The van der Waals surface area contributed by atoms with Gasteiger partial charge in [-0.1, -0.05) is 13.3 Å². The minimum atomic E-state index is 0.331. The van der Waals surface area contributed by atoms with Crippen molar-refractivity contribution in [3.63, 3.8) is 0 Å². The van der Waals surface area contributed by atoms with Crippen molar-refractivity contribution in [2.45, 2.75) is 32.2 Å². The van der Waals surface area contributed by atoms with Crippen molar-refractivity contribution in [3.8, 4) is 0 Å². The van der Waals surface area contributed by atoms with E-state index in [1.54, 1.807) is 0 Å². The predicted octanol–water partition coefficient (Wildman–Crippen LogP) is 1.74. The molecule has 2 heteroatoms. The van der Waals surface area contributed by atoms with E-state index in [0.29, 0.717) is 11.9 Å². The summed E-state index contributed by atoms with van der Waals surface area (Å²) in [5.41, 5.74) is 5.61. The molecule has 0 aliphatic rings. The van der Waals surface area contributed by atoms with E-state index < -0.39 is 0 Å². The SMILES string of the molecule is CCC[C@@H](N)CCCl. The molecule has 0 aromatic heterocycles. The summed E-state index contributed by atoms with van der Waals surface area (Å²) >= 11 is 5.45. The molecule has 0 spiro atoms. The Kier molecular flexibility index (Phi) is 5.56. The second-order valence-electron chi connectivity index (χ2n) is 2.03. The Labute approximate surface area is 56.2 Å². The van der Waals surface area contributed by atoms with Gasteiger partial charge < -0.3 is 5.73 Å². The van der Waals surface area contributed by atoms with E-state index >= 15 is 0 Å². The fourth-order valence-corrected chi connectivity index (χ4v) is 0.936. The molecular weight excluding hydrogens is 122 g/mol. The second-order valence-corrected chi connectivity index (χ2v) is 2.40. The Morgan fingerprint density at radius 1 is 1.50 bits per heavy atom. The van der Waals surface area contributed by atoms with Crippen LogP contribution in [-0.4, -0.2) is 11.9 Å². The first-order chi connectivity index (χ1) is 3.81. The molecule has 1 nitrogen and oxygen atoms in total. The van der Waals surface area contributed by atoms with Crippen LogP contribution in [0, 0.1) is 0 Å². The maximum Gasteiger partial charge on any atom is 0.0238 e. The highest BCUT2D eigenvalue weighted by atomic mass is 35.5. The quantitative estimate of drug-likeness (QED) is 0.584. The highest BCUT2D eigenvalue weighted by Gasteiger charge is 1.96. The number of nitrogens with two attached hydrogens (primary N) is 1. The maximum absolute atomic E-state index is 5.61.